The zero-order chi connectivity index (χ0) is 16.2. The van der Waals surface area contributed by atoms with Crippen molar-refractivity contribution in [3.63, 3.8) is 0 Å². The average Bonchev–Trinajstić information content (AvgIpc) is 3.04. The Morgan fingerprint density at radius 2 is 2.04 bits per heavy atom. The van der Waals surface area contributed by atoms with Crippen LogP contribution in [0.1, 0.15) is 24.8 Å². The van der Waals surface area contributed by atoms with Gasteiger partial charge in [0.05, 0.1) is 0 Å². The van der Waals surface area contributed by atoms with E-state index >= 15 is 0 Å². The fourth-order valence-corrected chi connectivity index (χ4v) is 3.50. The molecule has 1 aromatic rings. The van der Waals surface area contributed by atoms with E-state index in [1.54, 1.807) is 12.1 Å². The highest BCUT2D eigenvalue weighted by Gasteiger charge is 2.24. The molecule has 0 saturated carbocycles. The normalized spacial score (nSPS) is 21.8. The average molecular weight is 337 g/mol. The van der Waals surface area contributed by atoms with Crippen molar-refractivity contribution in [1.29, 1.82) is 0 Å². The van der Waals surface area contributed by atoms with Crippen LogP contribution in [-0.4, -0.2) is 41.9 Å². The van der Waals surface area contributed by atoms with Gasteiger partial charge in [0.1, 0.15) is 5.82 Å². The molecule has 1 atom stereocenters. The molecule has 5 heteroatoms. The van der Waals surface area contributed by atoms with Gasteiger partial charge < -0.3 is 4.90 Å². The standard InChI is InChI=1S/C18H22ClFN2O/c19-16-6-3-7-17(20)15(16)13-21-8-10-22(11-9-21)18(23)12-14-4-1-2-5-14/h1,3-4,6-7,14H,2,5,8-13H2/t14-/m0/s1. The SMILES string of the molecule is O=C(C[C@H]1C=CCC1)N1CCN(Cc2c(F)cccc2Cl)CC1. The van der Waals surface area contributed by atoms with Crippen LogP contribution in [0.4, 0.5) is 4.39 Å². The van der Waals surface area contributed by atoms with Gasteiger partial charge in [-0.2, -0.15) is 0 Å². The Morgan fingerprint density at radius 1 is 1.26 bits per heavy atom. The number of carbonyl (C=O) groups excluding carboxylic acids is 1. The largest absolute Gasteiger partial charge is 0.340 e. The molecule has 1 heterocycles. The summed E-state index contributed by atoms with van der Waals surface area (Å²) in [7, 11) is 0. The van der Waals surface area contributed by atoms with E-state index in [2.05, 4.69) is 17.1 Å². The van der Waals surface area contributed by atoms with Gasteiger partial charge in [-0.05, 0) is 30.9 Å². The summed E-state index contributed by atoms with van der Waals surface area (Å²) in [5.41, 5.74) is 0.546. The molecule has 3 rings (SSSR count). The maximum atomic E-state index is 13.9. The molecule has 1 aliphatic heterocycles. The number of hydrogen-bond acceptors (Lipinski definition) is 2. The van der Waals surface area contributed by atoms with Crippen LogP contribution >= 0.6 is 11.6 Å². The number of benzene rings is 1. The molecule has 1 aromatic carbocycles. The Balaban J connectivity index is 1.50. The number of rotatable bonds is 4. The van der Waals surface area contributed by atoms with Gasteiger partial charge in [0.2, 0.25) is 5.91 Å². The lowest BCUT2D eigenvalue weighted by Crippen LogP contribution is -2.48. The molecule has 2 aliphatic rings. The van der Waals surface area contributed by atoms with Crippen LogP contribution in [0.25, 0.3) is 0 Å². The molecule has 0 spiro atoms. The van der Waals surface area contributed by atoms with Crippen LogP contribution in [0.3, 0.4) is 0 Å². The first kappa shape index (κ1) is 16.5. The minimum atomic E-state index is -0.260. The van der Waals surface area contributed by atoms with E-state index in [1.807, 2.05) is 4.90 Å². The fraction of sp³-hybridized carbons (Fsp3) is 0.500. The van der Waals surface area contributed by atoms with Gasteiger partial charge >= 0.3 is 0 Å². The fourth-order valence-electron chi connectivity index (χ4n) is 3.28. The minimum absolute atomic E-state index is 0.241. The summed E-state index contributed by atoms with van der Waals surface area (Å²) in [6.07, 6.45) is 7.13. The van der Waals surface area contributed by atoms with Crippen LogP contribution in [0.5, 0.6) is 0 Å². The van der Waals surface area contributed by atoms with Gasteiger partial charge in [0, 0.05) is 49.7 Å². The van der Waals surface area contributed by atoms with Crippen molar-refractivity contribution in [2.75, 3.05) is 26.2 Å². The van der Waals surface area contributed by atoms with E-state index < -0.39 is 0 Å². The maximum Gasteiger partial charge on any atom is 0.223 e. The predicted molar refractivity (Wildman–Crippen MR) is 89.7 cm³/mol. The molecule has 124 valence electrons. The van der Waals surface area contributed by atoms with Crippen LogP contribution < -0.4 is 0 Å². The number of amides is 1. The highest BCUT2D eigenvalue weighted by molar-refractivity contribution is 6.31. The lowest BCUT2D eigenvalue weighted by atomic mass is 10.0. The van der Waals surface area contributed by atoms with E-state index in [0.717, 1.165) is 25.9 Å². The molecule has 0 N–H and O–H groups in total. The number of hydrogen-bond donors (Lipinski definition) is 0. The number of allylic oxidation sites excluding steroid dienone is 2. The van der Waals surface area contributed by atoms with Crippen LogP contribution in [0.2, 0.25) is 5.02 Å². The summed E-state index contributed by atoms with van der Waals surface area (Å²) in [6.45, 7) is 3.44. The van der Waals surface area contributed by atoms with E-state index in [1.165, 1.54) is 6.07 Å². The van der Waals surface area contributed by atoms with Gasteiger partial charge in [-0.1, -0.05) is 29.8 Å². The Kier molecular flexibility index (Phi) is 5.34. The lowest BCUT2D eigenvalue weighted by Gasteiger charge is -2.35. The first-order valence-electron chi connectivity index (χ1n) is 8.23. The summed E-state index contributed by atoms with van der Waals surface area (Å²) in [4.78, 5) is 16.4. The molecule has 0 bridgehead atoms. The monoisotopic (exact) mass is 336 g/mol. The second kappa shape index (κ2) is 7.45. The van der Waals surface area contributed by atoms with Crippen molar-refractivity contribution < 1.29 is 9.18 Å². The topological polar surface area (TPSA) is 23.6 Å². The van der Waals surface area contributed by atoms with E-state index in [9.17, 15) is 9.18 Å². The Morgan fingerprint density at radius 3 is 2.70 bits per heavy atom. The number of carbonyl (C=O) groups is 1. The molecule has 3 nitrogen and oxygen atoms in total. The molecule has 0 unspecified atom stereocenters. The third-order valence-electron chi connectivity index (χ3n) is 4.72. The number of piperazine rings is 1. The summed E-state index contributed by atoms with van der Waals surface area (Å²) < 4.78 is 13.9. The van der Waals surface area contributed by atoms with Gasteiger partial charge in [-0.25, -0.2) is 4.39 Å². The van der Waals surface area contributed by atoms with Gasteiger partial charge in [0.15, 0.2) is 0 Å². The zero-order valence-electron chi connectivity index (χ0n) is 13.2. The third-order valence-corrected chi connectivity index (χ3v) is 5.07. The quantitative estimate of drug-likeness (QED) is 0.786. The van der Waals surface area contributed by atoms with Crippen molar-refractivity contribution in [3.05, 3.63) is 46.8 Å². The number of nitrogens with zero attached hydrogens (tertiary/aromatic N) is 2. The Hall–Kier alpha value is -1.39. The first-order valence-corrected chi connectivity index (χ1v) is 8.61. The third kappa shape index (κ3) is 4.12. The maximum absolute atomic E-state index is 13.9. The second-order valence-corrected chi connectivity index (χ2v) is 6.73. The van der Waals surface area contributed by atoms with Crippen molar-refractivity contribution >= 4 is 17.5 Å². The summed E-state index contributed by atoms with van der Waals surface area (Å²) in [5.74, 6) is 0.395. The molecule has 0 radical (unpaired) electrons. The van der Waals surface area contributed by atoms with Gasteiger partial charge in [-0.3, -0.25) is 9.69 Å². The highest BCUT2D eigenvalue weighted by Crippen LogP contribution is 2.23. The van der Waals surface area contributed by atoms with E-state index in [-0.39, 0.29) is 11.7 Å². The molecule has 1 saturated heterocycles. The van der Waals surface area contributed by atoms with E-state index in [0.29, 0.717) is 42.6 Å². The van der Waals surface area contributed by atoms with Crippen molar-refractivity contribution in [3.8, 4) is 0 Å². The predicted octanol–water partition coefficient (Wildman–Crippen LogP) is 3.48. The molecular weight excluding hydrogens is 315 g/mol. The number of halogens is 2. The summed E-state index contributed by atoms with van der Waals surface area (Å²) in [5, 5.41) is 0.469. The first-order chi connectivity index (χ1) is 11.1. The summed E-state index contributed by atoms with van der Waals surface area (Å²) in [6, 6.07) is 4.78. The van der Waals surface area contributed by atoms with Crippen LogP contribution in [0.15, 0.2) is 30.4 Å². The molecular formula is C18H22ClFN2O. The zero-order valence-corrected chi connectivity index (χ0v) is 13.9. The lowest BCUT2D eigenvalue weighted by molar-refractivity contribution is -0.133. The molecule has 23 heavy (non-hydrogen) atoms. The van der Waals surface area contributed by atoms with Crippen molar-refractivity contribution in [2.24, 2.45) is 5.92 Å². The Bertz CT molecular complexity index is 576. The Labute approximate surface area is 141 Å². The molecule has 1 fully saturated rings. The molecule has 1 amide bonds. The van der Waals surface area contributed by atoms with Crippen LogP contribution in [0, 0.1) is 11.7 Å². The van der Waals surface area contributed by atoms with Crippen molar-refractivity contribution in [2.45, 2.75) is 25.8 Å². The van der Waals surface area contributed by atoms with Crippen molar-refractivity contribution in [1.82, 2.24) is 9.80 Å². The molecule has 0 aromatic heterocycles. The summed E-state index contributed by atoms with van der Waals surface area (Å²) >= 11 is 6.09. The van der Waals surface area contributed by atoms with Gasteiger partial charge in [0.25, 0.3) is 0 Å². The smallest absolute Gasteiger partial charge is 0.223 e. The van der Waals surface area contributed by atoms with Gasteiger partial charge in [-0.15, -0.1) is 0 Å². The second-order valence-electron chi connectivity index (χ2n) is 6.33. The van der Waals surface area contributed by atoms with E-state index in [4.69, 9.17) is 11.6 Å². The minimum Gasteiger partial charge on any atom is -0.340 e. The molecule has 1 aliphatic carbocycles. The highest BCUT2D eigenvalue weighted by atomic mass is 35.5. The van der Waals surface area contributed by atoms with Crippen LogP contribution in [-0.2, 0) is 11.3 Å².